The zero-order valence-corrected chi connectivity index (χ0v) is 17.0. The summed E-state index contributed by atoms with van der Waals surface area (Å²) in [6.07, 6.45) is 3.88. The number of esters is 1. The van der Waals surface area contributed by atoms with Crippen molar-refractivity contribution in [2.45, 2.75) is 26.2 Å². The van der Waals surface area contributed by atoms with Crippen LogP contribution in [0.3, 0.4) is 0 Å². The number of hydrogen-bond acceptors (Lipinski definition) is 7. The number of pyridine rings is 1. The van der Waals surface area contributed by atoms with E-state index in [1.807, 2.05) is 36.4 Å². The molecule has 2 aromatic heterocycles. The Morgan fingerprint density at radius 3 is 2.37 bits per heavy atom. The van der Waals surface area contributed by atoms with Crippen LogP contribution in [0.2, 0.25) is 0 Å². The average Bonchev–Trinajstić information content (AvgIpc) is 3.17. The van der Waals surface area contributed by atoms with Crippen LogP contribution in [0.5, 0.6) is 0 Å². The number of ether oxygens (including phenoxy) is 1. The van der Waals surface area contributed by atoms with Crippen LogP contribution in [0.4, 0.5) is 5.82 Å². The van der Waals surface area contributed by atoms with Crippen LogP contribution in [0.15, 0.2) is 54.9 Å². The summed E-state index contributed by atoms with van der Waals surface area (Å²) in [7, 11) is 0. The number of benzene rings is 1. The molecule has 9 nitrogen and oxygen atoms in total. The van der Waals surface area contributed by atoms with Gasteiger partial charge in [0.2, 0.25) is 0 Å². The lowest BCUT2D eigenvalue weighted by molar-refractivity contribution is -0.145. The van der Waals surface area contributed by atoms with Gasteiger partial charge in [-0.1, -0.05) is 30.3 Å². The second-order valence-corrected chi connectivity index (χ2v) is 6.17. The fourth-order valence-corrected chi connectivity index (χ4v) is 2.61. The van der Waals surface area contributed by atoms with Gasteiger partial charge in [-0.15, -0.1) is 0 Å². The lowest BCUT2D eigenvalue weighted by Gasteiger charge is -2.13. The van der Waals surface area contributed by atoms with E-state index >= 15 is 0 Å². The van der Waals surface area contributed by atoms with Crippen LogP contribution in [0.1, 0.15) is 31.2 Å². The molecule has 7 N–H and O–H groups in total. The first-order chi connectivity index (χ1) is 13.9. The van der Waals surface area contributed by atoms with Gasteiger partial charge >= 0.3 is 5.97 Å². The first-order valence-electron chi connectivity index (χ1n) is 9.07. The Balaban J connectivity index is 0.000000827. The molecule has 3 aromatic rings. The molecule has 0 fully saturated rings. The van der Waals surface area contributed by atoms with E-state index in [0.29, 0.717) is 24.7 Å². The van der Waals surface area contributed by atoms with E-state index in [9.17, 15) is 4.79 Å². The molecule has 0 aliphatic rings. The number of nitrogens with zero attached hydrogens (tertiary/aromatic N) is 2. The van der Waals surface area contributed by atoms with Crippen molar-refractivity contribution in [2.24, 2.45) is 0 Å². The van der Waals surface area contributed by atoms with Gasteiger partial charge in [0.1, 0.15) is 17.6 Å². The molecule has 0 spiro atoms. The van der Waals surface area contributed by atoms with E-state index in [2.05, 4.69) is 15.0 Å². The largest absolute Gasteiger partial charge is 0.481 e. The van der Waals surface area contributed by atoms with Crippen molar-refractivity contribution in [1.29, 1.82) is 0 Å². The van der Waals surface area contributed by atoms with Crippen LogP contribution in [-0.4, -0.2) is 38.6 Å². The smallest absolute Gasteiger partial charge is 0.316 e. The third-order valence-corrected chi connectivity index (χ3v) is 3.88. The van der Waals surface area contributed by atoms with Crippen LogP contribution in [-0.2, 0) is 20.7 Å². The Morgan fingerprint density at radius 2 is 1.80 bits per heavy atom. The Hall–Kier alpha value is -3.72. The van der Waals surface area contributed by atoms with Gasteiger partial charge in [-0.2, -0.15) is 0 Å². The molecule has 1 atom stereocenters. The molecule has 0 saturated heterocycles. The average molecular weight is 413 g/mol. The fourth-order valence-electron chi connectivity index (χ4n) is 2.61. The normalized spacial score (nSPS) is 10.7. The Labute approximate surface area is 174 Å². The van der Waals surface area contributed by atoms with Crippen molar-refractivity contribution in [3.63, 3.8) is 0 Å². The van der Waals surface area contributed by atoms with Gasteiger partial charge in [0.15, 0.2) is 0 Å². The summed E-state index contributed by atoms with van der Waals surface area (Å²) >= 11 is 0. The van der Waals surface area contributed by atoms with E-state index in [1.165, 1.54) is 0 Å². The molecule has 0 aliphatic carbocycles. The van der Waals surface area contributed by atoms with Gasteiger partial charge in [0.25, 0.3) is 5.97 Å². The van der Waals surface area contributed by atoms with Gasteiger partial charge in [-0.3, -0.25) is 9.59 Å². The zero-order chi connectivity index (χ0) is 21.2. The van der Waals surface area contributed by atoms with Gasteiger partial charge < -0.3 is 26.7 Å². The number of nitrogens with two attached hydrogens (primary N) is 1. The maximum absolute atomic E-state index is 12.4. The van der Waals surface area contributed by atoms with E-state index in [-0.39, 0.29) is 12.1 Å². The molecule has 9 heteroatoms. The van der Waals surface area contributed by atoms with Crippen LogP contribution in [0, 0.1) is 0 Å². The van der Waals surface area contributed by atoms with Crippen LogP contribution < -0.4 is 11.9 Å². The van der Waals surface area contributed by atoms with Crippen molar-refractivity contribution in [1.82, 2.24) is 21.1 Å². The summed E-state index contributed by atoms with van der Waals surface area (Å²) in [5.41, 5.74) is 8.31. The summed E-state index contributed by atoms with van der Waals surface area (Å²) in [6.45, 7) is 3.21. The number of carboxylic acid groups (broad SMARTS) is 1. The number of aromatic amines is 1. The third kappa shape index (κ3) is 7.36. The number of nitrogen functional groups attached to an aromatic ring is 1. The molecule has 1 aromatic carbocycles. The lowest BCUT2D eigenvalue weighted by Crippen LogP contribution is -2.19. The summed E-state index contributed by atoms with van der Waals surface area (Å²) in [6, 6.07) is 13.4. The van der Waals surface area contributed by atoms with Crippen LogP contribution >= 0.6 is 0 Å². The molecular weight excluding hydrogens is 386 g/mol. The number of rotatable bonds is 6. The first kappa shape index (κ1) is 24.3. The summed E-state index contributed by atoms with van der Waals surface area (Å²) in [5.74, 6) is -0.577. The number of nitrogens with one attached hydrogen (secondary N) is 1. The highest BCUT2D eigenvalue weighted by Crippen LogP contribution is 2.24. The molecular formula is C21H27N5O4. The molecule has 0 aliphatic heterocycles. The van der Waals surface area contributed by atoms with Crippen molar-refractivity contribution < 1.29 is 19.4 Å². The highest BCUT2D eigenvalue weighted by atomic mass is 16.5. The van der Waals surface area contributed by atoms with Crippen molar-refractivity contribution in [3.8, 4) is 11.3 Å². The topological polar surface area (TPSA) is 166 Å². The SMILES string of the molecule is CC(=O)O.CCOC(=O)C(Cc1ccccc1)c1ncc(-c2ccc(N)nc2)[nH]1.N. The molecule has 0 radical (unpaired) electrons. The second kappa shape index (κ2) is 12.0. The van der Waals surface area contributed by atoms with Gasteiger partial charge in [-0.25, -0.2) is 9.97 Å². The molecule has 0 amide bonds. The van der Waals surface area contributed by atoms with E-state index in [1.54, 1.807) is 25.4 Å². The van der Waals surface area contributed by atoms with E-state index in [4.69, 9.17) is 20.4 Å². The standard InChI is InChI=1S/C19H20N4O2.C2H4O2.H3N/c1-2-25-19(24)15(10-13-6-4-3-5-7-13)18-22-12-16(23-18)14-8-9-17(20)21-11-14;1-2(3)4;/h3-9,11-12,15H,2,10H2,1H3,(H2,20,21)(H,22,23);1H3,(H,3,4);1H3. The molecule has 1 unspecified atom stereocenters. The predicted molar refractivity (Wildman–Crippen MR) is 114 cm³/mol. The highest BCUT2D eigenvalue weighted by molar-refractivity contribution is 5.78. The van der Waals surface area contributed by atoms with Crippen LogP contribution in [0.25, 0.3) is 11.3 Å². The molecule has 0 bridgehead atoms. The quantitative estimate of drug-likeness (QED) is 0.447. The second-order valence-electron chi connectivity index (χ2n) is 6.17. The maximum Gasteiger partial charge on any atom is 0.316 e. The number of carbonyl (C=O) groups is 2. The lowest BCUT2D eigenvalue weighted by atomic mass is 9.99. The van der Waals surface area contributed by atoms with Crippen molar-refractivity contribution >= 4 is 17.8 Å². The molecule has 30 heavy (non-hydrogen) atoms. The predicted octanol–water partition coefficient (Wildman–Crippen LogP) is 3.20. The van der Waals surface area contributed by atoms with E-state index < -0.39 is 11.9 Å². The maximum atomic E-state index is 12.4. The Morgan fingerprint density at radius 1 is 1.13 bits per heavy atom. The molecule has 3 rings (SSSR count). The monoisotopic (exact) mass is 413 g/mol. The Bertz CT molecular complexity index is 922. The summed E-state index contributed by atoms with van der Waals surface area (Å²) in [5, 5.41) is 7.42. The number of carbonyl (C=O) groups excluding carboxylic acids is 1. The number of H-pyrrole nitrogens is 1. The highest BCUT2D eigenvalue weighted by Gasteiger charge is 2.25. The first-order valence-corrected chi connectivity index (χ1v) is 9.07. The summed E-state index contributed by atoms with van der Waals surface area (Å²) < 4.78 is 5.23. The van der Waals surface area contributed by atoms with Gasteiger partial charge in [0.05, 0.1) is 18.5 Å². The number of aromatic nitrogens is 3. The minimum atomic E-state index is -0.833. The number of hydrogen-bond donors (Lipinski definition) is 4. The molecule has 2 heterocycles. The Kier molecular flexibility index (Phi) is 9.71. The number of aliphatic carboxylic acids is 1. The third-order valence-electron chi connectivity index (χ3n) is 3.88. The number of anilines is 1. The molecule has 0 saturated carbocycles. The van der Waals surface area contributed by atoms with Gasteiger partial charge in [-0.05, 0) is 31.0 Å². The number of imidazole rings is 1. The van der Waals surface area contributed by atoms with Gasteiger partial charge in [0, 0.05) is 18.7 Å². The summed E-state index contributed by atoms with van der Waals surface area (Å²) in [4.78, 5) is 33.1. The fraction of sp³-hybridized carbons (Fsp3) is 0.238. The minimum absolute atomic E-state index is 0. The van der Waals surface area contributed by atoms with Crippen molar-refractivity contribution in [2.75, 3.05) is 12.3 Å². The zero-order valence-electron chi connectivity index (χ0n) is 17.0. The molecule has 160 valence electrons. The van der Waals surface area contributed by atoms with Crippen molar-refractivity contribution in [3.05, 3.63) is 66.2 Å². The minimum Gasteiger partial charge on any atom is -0.481 e. The number of carboxylic acids is 1. The van der Waals surface area contributed by atoms with E-state index in [0.717, 1.165) is 23.7 Å².